The molecule has 0 spiro atoms. The summed E-state index contributed by atoms with van der Waals surface area (Å²) in [5.41, 5.74) is 6.55. The average molecular weight is 298 g/mol. The summed E-state index contributed by atoms with van der Waals surface area (Å²) >= 11 is 0. The van der Waals surface area contributed by atoms with Crippen LogP contribution in [-0.4, -0.2) is 45.9 Å². The molecule has 110 valence electrons. The molecule has 1 saturated heterocycles. The number of likely N-dealkylation sites (N-methyl/N-ethyl adjacent to an activating group) is 1. The first-order valence-corrected chi connectivity index (χ1v) is 7.75. The summed E-state index contributed by atoms with van der Waals surface area (Å²) in [6, 6.07) is 4.53. The Morgan fingerprint density at radius 2 is 1.95 bits per heavy atom. The lowest BCUT2D eigenvalue weighted by atomic mass is 10.2. The maximum absolute atomic E-state index is 11.8. The number of benzene rings is 1. The first-order valence-electron chi connectivity index (χ1n) is 6.20. The number of nitrogen functional groups attached to an aromatic ring is 1. The molecule has 1 aromatic rings. The SMILES string of the molecule is CN1CCCN(c2ccc(S(N)(=O)=O)c(N)c2)CC1=O. The Hall–Kier alpha value is -1.80. The van der Waals surface area contributed by atoms with E-state index in [0.717, 1.165) is 12.1 Å². The number of carbonyl (C=O) groups is 1. The predicted molar refractivity (Wildman–Crippen MR) is 76.7 cm³/mol. The average Bonchev–Trinajstić information content (AvgIpc) is 2.50. The zero-order valence-corrected chi connectivity index (χ0v) is 12.1. The molecule has 0 unspecified atom stereocenters. The summed E-state index contributed by atoms with van der Waals surface area (Å²) in [6.45, 7) is 1.68. The molecule has 4 N–H and O–H groups in total. The van der Waals surface area contributed by atoms with Crippen molar-refractivity contribution < 1.29 is 13.2 Å². The lowest BCUT2D eigenvalue weighted by Gasteiger charge is -2.22. The van der Waals surface area contributed by atoms with Gasteiger partial charge in [-0.2, -0.15) is 0 Å². The van der Waals surface area contributed by atoms with Gasteiger partial charge in [0.1, 0.15) is 4.90 Å². The number of nitrogens with two attached hydrogens (primary N) is 2. The standard InChI is InChI=1S/C12H18N4O3S/c1-15-5-2-6-16(8-12(15)17)9-3-4-11(10(13)7-9)20(14,18)19/h3-4,7H,2,5-6,8,13H2,1H3,(H2,14,18,19). The molecular formula is C12H18N4O3S. The largest absolute Gasteiger partial charge is 0.398 e. The van der Waals surface area contributed by atoms with Gasteiger partial charge >= 0.3 is 0 Å². The van der Waals surface area contributed by atoms with Crippen molar-refractivity contribution in [2.75, 3.05) is 37.3 Å². The molecule has 1 aliphatic rings. The van der Waals surface area contributed by atoms with E-state index in [9.17, 15) is 13.2 Å². The molecule has 0 saturated carbocycles. The highest BCUT2D eigenvalue weighted by Gasteiger charge is 2.20. The van der Waals surface area contributed by atoms with Gasteiger partial charge in [0.15, 0.2) is 0 Å². The second kappa shape index (κ2) is 5.29. The van der Waals surface area contributed by atoms with E-state index in [2.05, 4.69) is 0 Å². The summed E-state index contributed by atoms with van der Waals surface area (Å²) in [7, 11) is -2.06. The van der Waals surface area contributed by atoms with Crippen LogP contribution in [-0.2, 0) is 14.8 Å². The molecule has 20 heavy (non-hydrogen) atoms. The fraction of sp³-hybridized carbons (Fsp3) is 0.417. The number of rotatable bonds is 2. The van der Waals surface area contributed by atoms with Gasteiger partial charge in [-0.15, -0.1) is 0 Å². The number of amides is 1. The number of anilines is 2. The first kappa shape index (κ1) is 14.6. The van der Waals surface area contributed by atoms with Gasteiger partial charge in [0, 0.05) is 25.8 Å². The van der Waals surface area contributed by atoms with Crippen molar-refractivity contribution >= 4 is 27.3 Å². The van der Waals surface area contributed by atoms with Crippen LogP contribution < -0.4 is 15.8 Å². The summed E-state index contributed by atoms with van der Waals surface area (Å²) in [4.78, 5) is 15.3. The Kier molecular flexibility index (Phi) is 3.87. The van der Waals surface area contributed by atoms with Gasteiger partial charge in [0.25, 0.3) is 0 Å². The van der Waals surface area contributed by atoms with Gasteiger partial charge in [-0.1, -0.05) is 0 Å². The van der Waals surface area contributed by atoms with Crippen molar-refractivity contribution in [2.24, 2.45) is 5.14 Å². The van der Waals surface area contributed by atoms with Gasteiger partial charge in [0.2, 0.25) is 15.9 Å². The molecule has 1 aromatic carbocycles. The number of primary sulfonamides is 1. The van der Waals surface area contributed by atoms with Crippen LogP contribution in [0.1, 0.15) is 6.42 Å². The summed E-state index contributed by atoms with van der Waals surface area (Å²) in [5.74, 6) is 0.0246. The van der Waals surface area contributed by atoms with Crippen molar-refractivity contribution in [1.82, 2.24) is 4.90 Å². The third-order valence-corrected chi connectivity index (χ3v) is 4.32. The molecule has 0 aromatic heterocycles. The fourth-order valence-electron chi connectivity index (χ4n) is 2.20. The molecule has 2 rings (SSSR count). The van der Waals surface area contributed by atoms with E-state index in [1.807, 2.05) is 4.90 Å². The molecule has 0 atom stereocenters. The van der Waals surface area contributed by atoms with Crippen molar-refractivity contribution in [3.05, 3.63) is 18.2 Å². The Labute approximate surface area is 118 Å². The molecule has 8 heteroatoms. The highest BCUT2D eigenvalue weighted by atomic mass is 32.2. The number of hydrogen-bond acceptors (Lipinski definition) is 5. The quantitative estimate of drug-likeness (QED) is 0.721. The van der Waals surface area contributed by atoms with Crippen LogP contribution in [0.2, 0.25) is 0 Å². The Bertz CT molecular complexity index is 630. The second-order valence-corrected chi connectivity index (χ2v) is 6.39. The first-order chi connectivity index (χ1) is 9.29. The lowest BCUT2D eigenvalue weighted by Crippen LogP contribution is -2.34. The number of hydrogen-bond donors (Lipinski definition) is 2. The van der Waals surface area contributed by atoms with E-state index in [1.165, 1.54) is 6.07 Å². The van der Waals surface area contributed by atoms with Crippen LogP contribution in [0.5, 0.6) is 0 Å². The van der Waals surface area contributed by atoms with E-state index >= 15 is 0 Å². The molecular weight excluding hydrogens is 280 g/mol. The van der Waals surface area contributed by atoms with Crippen LogP contribution in [0.4, 0.5) is 11.4 Å². The summed E-state index contributed by atoms with van der Waals surface area (Å²) in [5, 5.41) is 5.07. The zero-order chi connectivity index (χ0) is 14.9. The Morgan fingerprint density at radius 3 is 2.55 bits per heavy atom. The van der Waals surface area contributed by atoms with Crippen LogP contribution in [0, 0.1) is 0 Å². The van der Waals surface area contributed by atoms with E-state index in [1.54, 1.807) is 24.1 Å². The predicted octanol–water partition coefficient (Wildman–Crippen LogP) is -0.415. The van der Waals surface area contributed by atoms with Crippen LogP contribution in [0.25, 0.3) is 0 Å². The highest BCUT2D eigenvalue weighted by Crippen LogP contribution is 2.25. The monoisotopic (exact) mass is 298 g/mol. The molecule has 1 heterocycles. The topological polar surface area (TPSA) is 110 Å². The zero-order valence-electron chi connectivity index (χ0n) is 11.2. The van der Waals surface area contributed by atoms with Gasteiger partial charge in [-0.25, -0.2) is 13.6 Å². The number of nitrogens with zero attached hydrogens (tertiary/aromatic N) is 2. The normalized spacial score (nSPS) is 17.2. The number of carbonyl (C=O) groups excluding carboxylic acids is 1. The van der Waals surface area contributed by atoms with Gasteiger partial charge < -0.3 is 15.5 Å². The van der Waals surface area contributed by atoms with Gasteiger partial charge in [-0.05, 0) is 24.6 Å². The third kappa shape index (κ3) is 3.02. The molecule has 1 fully saturated rings. The van der Waals surface area contributed by atoms with Crippen LogP contribution in [0.3, 0.4) is 0 Å². The molecule has 1 amide bonds. The summed E-state index contributed by atoms with van der Waals surface area (Å²) in [6.07, 6.45) is 0.846. The van der Waals surface area contributed by atoms with Crippen molar-refractivity contribution in [3.63, 3.8) is 0 Å². The maximum atomic E-state index is 11.8. The molecule has 7 nitrogen and oxygen atoms in total. The minimum absolute atomic E-state index is 0.0246. The van der Waals surface area contributed by atoms with E-state index in [4.69, 9.17) is 10.9 Å². The molecule has 0 bridgehead atoms. The van der Waals surface area contributed by atoms with Crippen molar-refractivity contribution in [3.8, 4) is 0 Å². The maximum Gasteiger partial charge on any atom is 0.241 e. The number of sulfonamides is 1. The minimum atomic E-state index is -3.83. The van der Waals surface area contributed by atoms with Crippen molar-refractivity contribution in [2.45, 2.75) is 11.3 Å². The lowest BCUT2D eigenvalue weighted by molar-refractivity contribution is -0.127. The van der Waals surface area contributed by atoms with Crippen molar-refractivity contribution in [1.29, 1.82) is 0 Å². The highest BCUT2D eigenvalue weighted by molar-refractivity contribution is 7.89. The van der Waals surface area contributed by atoms with E-state index in [0.29, 0.717) is 13.1 Å². The molecule has 0 aliphatic carbocycles. The van der Waals surface area contributed by atoms with Gasteiger partial charge in [0.05, 0.1) is 12.2 Å². The molecule has 1 aliphatic heterocycles. The van der Waals surface area contributed by atoms with E-state index < -0.39 is 10.0 Å². The third-order valence-electron chi connectivity index (χ3n) is 3.34. The van der Waals surface area contributed by atoms with Gasteiger partial charge in [-0.3, -0.25) is 4.79 Å². The summed E-state index contributed by atoms with van der Waals surface area (Å²) < 4.78 is 22.6. The van der Waals surface area contributed by atoms with E-state index in [-0.39, 0.29) is 23.0 Å². The minimum Gasteiger partial charge on any atom is -0.398 e. The van der Waals surface area contributed by atoms with Crippen LogP contribution in [0.15, 0.2) is 23.1 Å². The molecule has 0 radical (unpaired) electrons. The smallest absolute Gasteiger partial charge is 0.241 e. The van der Waals surface area contributed by atoms with Crippen LogP contribution >= 0.6 is 0 Å². The fourth-order valence-corrected chi connectivity index (χ4v) is 2.84. The Morgan fingerprint density at radius 1 is 1.25 bits per heavy atom. The second-order valence-electron chi connectivity index (χ2n) is 4.86. The Balaban J connectivity index is 2.30.